The fourth-order valence-corrected chi connectivity index (χ4v) is 1.55. The summed E-state index contributed by atoms with van der Waals surface area (Å²) in [5.74, 6) is -2.78. The summed E-state index contributed by atoms with van der Waals surface area (Å²) < 4.78 is 15.4. The van der Waals surface area contributed by atoms with Crippen molar-refractivity contribution in [3.8, 4) is 0 Å². The van der Waals surface area contributed by atoms with Crippen LogP contribution in [-0.2, 0) is 9.09 Å². The molecule has 0 aliphatic heterocycles. The summed E-state index contributed by atoms with van der Waals surface area (Å²) in [6, 6.07) is 0. The predicted molar refractivity (Wildman–Crippen MR) is 38.6 cm³/mol. The van der Waals surface area contributed by atoms with Gasteiger partial charge in [-0.05, 0) is 24.4 Å². The molecular weight excluding hydrogens is 167 g/mol. The van der Waals surface area contributed by atoms with Crippen LogP contribution in [0.3, 0.4) is 0 Å². The summed E-state index contributed by atoms with van der Waals surface area (Å²) in [6.45, 7) is 2.16. The predicted octanol–water partition coefficient (Wildman–Crippen LogP) is 2.73. The molecule has 0 heterocycles. The highest BCUT2D eigenvalue weighted by Gasteiger charge is 2.14. The van der Waals surface area contributed by atoms with E-state index in [0.717, 1.165) is 11.4 Å². The van der Waals surface area contributed by atoms with Crippen molar-refractivity contribution in [3.63, 3.8) is 0 Å². The van der Waals surface area contributed by atoms with Gasteiger partial charge in [0.2, 0.25) is 0 Å². The molecule has 0 bridgehead atoms. The third kappa shape index (κ3) is 3.79. The van der Waals surface area contributed by atoms with Gasteiger partial charge < -0.3 is 4.52 Å². The fourth-order valence-electron chi connectivity index (χ4n) is 0.207. The molecular formula is C3H8ClO2PS. The highest BCUT2D eigenvalue weighted by atomic mass is 35.7. The third-order valence-corrected chi connectivity index (χ3v) is 4.66. The number of halogens is 1. The average molecular weight is 175 g/mol. The largest absolute Gasteiger partial charge is 0.346 e. The van der Waals surface area contributed by atoms with Crippen LogP contribution in [-0.4, -0.2) is 12.9 Å². The lowest BCUT2D eigenvalue weighted by Crippen LogP contribution is -1.77. The molecule has 0 aliphatic carbocycles. The number of hydrogen-bond acceptors (Lipinski definition) is 3. The van der Waals surface area contributed by atoms with E-state index in [2.05, 4.69) is 4.52 Å². The minimum absolute atomic E-state index is 0.404. The SMILES string of the molecule is CCOP(=O)(Cl)SC. The van der Waals surface area contributed by atoms with Gasteiger partial charge in [0.15, 0.2) is 0 Å². The Morgan fingerprint density at radius 3 is 2.50 bits per heavy atom. The van der Waals surface area contributed by atoms with Gasteiger partial charge in [0.25, 0.3) is 0 Å². The molecule has 50 valence electrons. The van der Waals surface area contributed by atoms with E-state index < -0.39 is 5.92 Å². The molecule has 0 aromatic heterocycles. The monoisotopic (exact) mass is 174 g/mol. The molecule has 1 atom stereocenters. The maximum atomic E-state index is 10.7. The van der Waals surface area contributed by atoms with Gasteiger partial charge in [-0.1, -0.05) is 11.4 Å². The minimum Gasteiger partial charge on any atom is -0.310 e. The minimum atomic E-state index is -2.78. The lowest BCUT2D eigenvalue weighted by molar-refractivity contribution is 0.357. The lowest BCUT2D eigenvalue weighted by atomic mass is 10.9. The van der Waals surface area contributed by atoms with E-state index in [4.69, 9.17) is 11.2 Å². The summed E-state index contributed by atoms with van der Waals surface area (Å²) in [5, 5.41) is 0. The van der Waals surface area contributed by atoms with Crippen LogP contribution in [0.5, 0.6) is 0 Å². The molecule has 0 radical (unpaired) electrons. The average Bonchev–Trinajstić information content (AvgIpc) is 1.67. The van der Waals surface area contributed by atoms with Gasteiger partial charge in [0.05, 0.1) is 6.61 Å². The molecule has 2 nitrogen and oxygen atoms in total. The topological polar surface area (TPSA) is 26.3 Å². The van der Waals surface area contributed by atoms with Gasteiger partial charge in [0, 0.05) is 0 Å². The van der Waals surface area contributed by atoms with Gasteiger partial charge in [-0.15, -0.1) is 0 Å². The van der Waals surface area contributed by atoms with Crippen LogP contribution in [0, 0.1) is 0 Å². The fraction of sp³-hybridized carbons (Fsp3) is 1.00. The first-order valence-corrected chi connectivity index (χ1v) is 6.48. The first kappa shape index (κ1) is 8.83. The van der Waals surface area contributed by atoms with Gasteiger partial charge in [-0.25, -0.2) is 0 Å². The number of hydrogen-bond donors (Lipinski definition) is 0. The summed E-state index contributed by atoms with van der Waals surface area (Å²) in [7, 11) is 0. The molecule has 0 N–H and O–H groups in total. The first-order valence-electron chi connectivity index (χ1n) is 2.12. The second-order valence-corrected chi connectivity index (χ2v) is 6.99. The molecule has 0 spiro atoms. The van der Waals surface area contributed by atoms with Crippen LogP contribution in [0.4, 0.5) is 0 Å². The van der Waals surface area contributed by atoms with Crippen molar-refractivity contribution in [1.82, 2.24) is 0 Å². The normalized spacial score (nSPS) is 17.9. The molecule has 0 saturated heterocycles. The Balaban J connectivity index is 3.55. The second kappa shape index (κ2) is 3.78. The van der Waals surface area contributed by atoms with E-state index in [0.29, 0.717) is 6.61 Å². The van der Waals surface area contributed by atoms with E-state index in [1.54, 1.807) is 13.2 Å². The molecule has 8 heavy (non-hydrogen) atoms. The van der Waals surface area contributed by atoms with Gasteiger partial charge in [0.1, 0.15) is 0 Å². The zero-order valence-corrected chi connectivity index (χ0v) is 7.22. The Kier molecular flexibility index (Phi) is 4.17. The third-order valence-electron chi connectivity index (χ3n) is 0.501. The zero-order valence-electron chi connectivity index (χ0n) is 4.76. The standard InChI is InChI=1S/C3H8ClO2PS/c1-3-6-7(4,5)8-2/h3H2,1-2H3. The van der Waals surface area contributed by atoms with Crippen molar-refractivity contribution >= 4 is 28.5 Å². The van der Waals surface area contributed by atoms with Crippen molar-refractivity contribution in [3.05, 3.63) is 0 Å². The quantitative estimate of drug-likeness (QED) is 0.616. The van der Waals surface area contributed by atoms with Crippen LogP contribution in [0.15, 0.2) is 0 Å². The van der Waals surface area contributed by atoms with Crippen LogP contribution in [0.25, 0.3) is 0 Å². The molecule has 1 unspecified atom stereocenters. The molecule has 0 saturated carbocycles. The Hall–Kier alpha value is 0.830. The van der Waals surface area contributed by atoms with E-state index in [1.807, 2.05) is 0 Å². The Labute approximate surface area is 57.9 Å². The van der Waals surface area contributed by atoms with Gasteiger partial charge in [-0.2, -0.15) is 0 Å². The number of rotatable bonds is 3. The molecule has 0 fully saturated rings. The Morgan fingerprint density at radius 2 is 2.38 bits per heavy atom. The maximum absolute atomic E-state index is 10.7. The van der Waals surface area contributed by atoms with E-state index >= 15 is 0 Å². The highest BCUT2D eigenvalue weighted by molar-refractivity contribution is 8.63. The van der Waals surface area contributed by atoms with Gasteiger partial charge in [-0.3, -0.25) is 4.57 Å². The Morgan fingerprint density at radius 1 is 1.88 bits per heavy atom. The van der Waals surface area contributed by atoms with E-state index in [1.165, 1.54) is 0 Å². The van der Waals surface area contributed by atoms with Crippen molar-refractivity contribution in [1.29, 1.82) is 0 Å². The summed E-state index contributed by atoms with van der Waals surface area (Å²) in [4.78, 5) is 0. The van der Waals surface area contributed by atoms with Crippen LogP contribution in [0.2, 0.25) is 0 Å². The van der Waals surface area contributed by atoms with E-state index in [9.17, 15) is 4.57 Å². The highest BCUT2D eigenvalue weighted by Crippen LogP contribution is 2.62. The molecule has 0 aromatic carbocycles. The van der Waals surface area contributed by atoms with Crippen molar-refractivity contribution in [2.24, 2.45) is 0 Å². The summed E-state index contributed by atoms with van der Waals surface area (Å²) in [5.41, 5.74) is 0. The molecule has 0 rings (SSSR count). The molecule has 0 amide bonds. The molecule has 0 aliphatic rings. The lowest BCUT2D eigenvalue weighted by Gasteiger charge is -2.03. The van der Waals surface area contributed by atoms with Crippen molar-refractivity contribution in [2.75, 3.05) is 12.9 Å². The zero-order chi connectivity index (χ0) is 6.62. The second-order valence-electron chi connectivity index (χ2n) is 1.03. The van der Waals surface area contributed by atoms with E-state index in [-0.39, 0.29) is 0 Å². The molecule has 5 heteroatoms. The van der Waals surface area contributed by atoms with Crippen LogP contribution in [0.1, 0.15) is 6.92 Å². The molecule has 0 aromatic rings. The maximum Gasteiger partial charge on any atom is 0.346 e. The van der Waals surface area contributed by atoms with Crippen LogP contribution >= 0.6 is 28.5 Å². The first-order chi connectivity index (χ1) is 3.62. The Bertz CT molecular complexity index is 107. The smallest absolute Gasteiger partial charge is 0.310 e. The van der Waals surface area contributed by atoms with Gasteiger partial charge >= 0.3 is 5.92 Å². The van der Waals surface area contributed by atoms with Crippen molar-refractivity contribution in [2.45, 2.75) is 6.92 Å². The van der Waals surface area contributed by atoms with Crippen LogP contribution < -0.4 is 0 Å². The van der Waals surface area contributed by atoms with Crippen molar-refractivity contribution < 1.29 is 9.09 Å². The summed E-state index contributed by atoms with van der Waals surface area (Å²) >= 11 is 6.37. The summed E-state index contributed by atoms with van der Waals surface area (Å²) in [6.07, 6.45) is 1.66.